The lowest BCUT2D eigenvalue weighted by Gasteiger charge is -2.33. The third kappa shape index (κ3) is 3.77. The fourth-order valence-corrected chi connectivity index (χ4v) is 7.13. The fourth-order valence-electron chi connectivity index (χ4n) is 5.15. The Morgan fingerprint density at radius 2 is 2.14 bits per heavy atom. The van der Waals surface area contributed by atoms with Crippen molar-refractivity contribution in [2.24, 2.45) is 0 Å². The molecular weight excluding hydrogens is 508 g/mol. The summed E-state index contributed by atoms with van der Waals surface area (Å²) in [4.78, 5) is 23.5. The number of H-pyrrole nitrogens is 1. The van der Waals surface area contributed by atoms with Crippen LogP contribution in [0.4, 0.5) is 11.6 Å². The van der Waals surface area contributed by atoms with Gasteiger partial charge in [0.05, 0.1) is 41.3 Å². The number of thiophene rings is 1. The van der Waals surface area contributed by atoms with Crippen molar-refractivity contribution in [3.05, 3.63) is 76.4 Å². The van der Waals surface area contributed by atoms with Crippen LogP contribution in [0.15, 0.2) is 54.9 Å². The lowest BCUT2D eigenvalue weighted by atomic mass is 10.0. The number of rotatable bonds is 5. The number of nitrogens with one attached hydrogen (secondary N) is 2. The Kier molecular flexibility index (Phi) is 4.96. The second kappa shape index (κ2) is 8.40. The molecule has 1 unspecified atom stereocenters. The SMILES string of the molecule is c1cc(C2CN(c3ncc4sc(CNc5ccc6c(c5)CSC65OO5)cc4n3)CCO2)c2cn[nH]c2c1. The van der Waals surface area contributed by atoms with Crippen molar-refractivity contribution in [1.82, 2.24) is 20.2 Å². The van der Waals surface area contributed by atoms with Crippen molar-refractivity contribution in [2.75, 3.05) is 29.9 Å². The van der Waals surface area contributed by atoms with Crippen molar-refractivity contribution in [3.8, 4) is 0 Å². The number of fused-ring (bicyclic) bond motifs is 4. The molecule has 2 aromatic carbocycles. The minimum absolute atomic E-state index is 0.0600. The minimum Gasteiger partial charge on any atom is -0.380 e. The largest absolute Gasteiger partial charge is 0.380 e. The van der Waals surface area contributed by atoms with E-state index in [0.29, 0.717) is 13.2 Å². The number of hydrogen-bond donors (Lipinski definition) is 2. The molecule has 3 aliphatic heterocycles. The van der Waals surface area contributed by atoms with E-state index < -0.39 is 5.12 Å². The van der Waals surface area contributed by atoms with Gasteiger partial charge in [-0.3, -0.25) is 5.10 Å². The van der Waals surface area contributed by atoms with E-state index in [1.807, 2.05) is 24.5 Å². The van der Waals surface area contributed by atoms with Crippen LogP contribution in [0, 0.1) is 0 Å². The van der Waals surface area contributed by atoms with Gasteiger partial charge in [0.15, 0.2) is 0 Å². The van der Waals surface area contributed by atoms with Crippen molar-refractivity contribution < 1.29 is 14.5 Å². The molecule has 0 aliphatic carbocycles. The van der Waals surface area contributed by atoms with Crippen LogP contribution in [0.25, 0.3) is 21.1 Å². The molecule has 2 fully saturated rings. The van der Waals surface area contributed by atoms with E-state index in [1.165, 1.54) is 10.4 Å². The Balaban J connectivity index is 0.989. The number of aromatic nitrogens is 4. The van der Waals surface area contributed by atoms with Crippen LogP contribution < -0.4 is 10.2 Å². The number of anilines is 2. The van der Waals surface area contributed by atoms with Gasteiger partial charge in [0.2, 0.25) is 5.95 Å². The number of nitrogens with zero attached hydrogens (tertiary/aromatic N) is 4. The van der Waals surface area contributed by atoms with Gasteiger partial charge in [-0.1, -0.05) is 30.0 Å². The van der Waals surface area contributed by atoms with Gasteiger partial charge in [0.1, 0.15) is 6.10 Å². The van der Waals surface area contributed by atoms with Crippen LogP contribution in [0.1, 0.15) is 27.7 Å². The summed E-state index contributed by atoms with van der Waals surface area (Å²) >= 11 is 3.40. The molecular formula is C26H22N6O3S2. The van der Waals surface area contributed by atoms with Crippen molar-refractivity contribution in [1.29, 1.82) is 0 Å². The average molecular weight is 531 g/mol. The van der Waals surface area contributed by atoms with Gasteiger partial charge in [-0.15, -0.1) is 11.3 Å². The molecule has 3 aromatic heterocycles. The summed E-state index contributed by atoms with van der Waals surface area (Å²) in [5.41, 5.74) is 6.60. The predicted octanol–water partition coefficient (Wildman–Crippen LogP) is 5.08. The maximum Gasteiger partial charge on any atom is 0.305 e. The molecule has 1 atom stereocenters. The molecule has 186 valence electrons. The second-order valence-electron chi connectivity index (χ2n) is 9.35. The highest BCUT2D eigenvalue weighted by Crippen LogP contribution is 2.58. The van der Waals surface area contributed by atoms with Crippen LogP contribution >= 0.6 is 23.1 Å². The van der Waals surface area contributed by atoms with E-state index in [1.54, 1.807) is 23.1 Å². The van der Waals surface area contributed by atoms with Crippen LogP contribution in [-0.2, 0) is 31.9 Å². The first-order chi connectivity index (χ1) is 18.2. The Labute approximate surface area is 220 Å². The maximum atomic E-state index is 6.14. The first-order valence-corrected chi connectivity index (χ1v) is 14.0. The summed E-state index contributed by atoms with van der Waals surface area (Å²) < 4.78 is 7.23. The van der Waals surface area contributed by atoms with Gasteiger partial charge in [-0.2, -0.15) is 14.9 Å². The molecule has 3 aliphatic rings. The lowest BCUT2D eigenvalue weighted by Crippen LogP contribution is -2.39. The molecule has 2 saturated heterocycles. The Hall–Kier alpha value is -3.22. The van der Waals surface area contributed by atoms with Gasteiger partial charge in [-0.05, 0) is 35.4 Å². The minimum atomic E-state index is -0.539. The zero-order valence-electron chi connectivity index (χ0n) is 19.6. The number of hydrogen-bond acceptors (Lipinski definition) is 10. The van der Waals surface area contributed by atoms with Crippen molar-refractivity contribution in [3.63, 3.8) is 0 Å². The number of aromatic amines is 1. The summed E-state index contributed by atoms with van der Waals surface area (Å²) in [6.07, 6.45) is 3.74. The molecule has 2 N–H and O–H groups in total. The van der Waals surface area contributed by atoms with Crippen LogP contribution in [-0.4, -0.2) is 39.9 Å². The highest BCUT2D eigenvalue weighted by Gasteiger charge is 2.56. The molecule has 8 rings (SSSR count). The monoisotopic (exact) mass is 530 g/mol. The van der Waals surface area contributed by atoms with Crippen LogP contribution in [0.5, 0.6) is 0 Å². The van der Waals surface area contributed by atoms with Crippen LogP contribution in [0.3, 0.4) is 0 Å². The summed E-state index contributed by atoms with van der Waals surface area (Å²) in [6, 6.07) is 14.7. The molecule has 0 amide bonds. The summed E-state index contributed by atoms with van der Waals surface area (Å²) in [7, 11) is 0. The zero-order valence-corrected chi connectivity index (χ0v) is 21.3. The van der Waals surface area contributed by atoms with Crippen molar-refractivity contribution in [2.45, 2.75) is 23.5 Å². The summed E-state index contributed by atoms with van der Waals surface area (Å²) in [5, 5.41) is 11.3. The highest BCUT2D eigenvalue weighted by atomic mass is 32.2. The molecule has 0 bridgehead atoms. The fraction of sp³-hybridized carbons (Fsp3) is 0.269. The van der Waals surface area contributed by atoms with E-state index in [-0.39, 0.29) is 6.10 Å². The average Bonchev–Trinajstić information content (AvgIpc) is 3.25. The van der Waals surface area contributed by atoms with Gasteiger partial charge in [0, 0.05) is 40.4 Å². The Morgan fingerprint density at radius 3 is 3.08 bits per heavy atom. The zero-order chi connectivity index (χ0) is 24.4. The topological polar surface area (TPSA) is 104 Å². The first kappa shape index (κ1) is 21.8. The molecule has 9 nitrogen and oxygen atoms in total. The molecule has 0 saturated carbocycles. The Morgan fingerprint density at radius 1 is 1.16 bits per heavy atom. The summed E-state index contributed by atoms with van der Waals surface area (Å²) in [5.74, 6) is 1.64. The molecule has 5 aromatic rings. The third-order valence-electron chi connectivity index (χ3n) is 7.08. The van der Waals surface area contributed by atoms with E-state index in [4.69, 9.17) is 24.5 Å². The van der Waals surface area contributed by atoms with E-state index in [0.717, 1.165) is 62.7 Å². The smallest absolute Gasteiger partial charge is 0.305 e. The lowest BCUT2D eigenvalue weighted by molar-refractivity contribution is 0.0402. The van der Waals surface area contributed by atoms with E-state index >= 15 is 0 Å². The summed E-state index contributed by atoms with van der Waals surface area (Å²) in [6.45, 7) is 2.81. The van der Waals surface area contributed by atoms with Gasteiger partial charge < -0.3 is 15.0 Å². The van der Waals surface area contributed by atoms with Crippen LogP contribution in [0.2, 0.25) is 0 Å². The predicted molar refractivity (Wildman–Crippen MR) is 143 cm³/mol. The standard InChI is InChI=1S/C26H22N6O3S2/c1-2-18(19-11-29-31-21(19)3-1)23-13-32(6-7-33-23)25-28-12-24-22(30-25)9-17(37-24)10-27-16-4-5-20-15(8-16)14-36-26(20)34-35-26/h1-5,8-9,11-12,23,27H,6-7,10,13-14H2,(H,29,31). The Bertz CT molecular complexity index is 1650. The number of morpholine rings is 1. The van der Waals surface area contributed by atoms with Gasteiger partial charge in [0.25, 0.3) is 0 Å². The second-order valence-corrected chi connectivity index (χ2v) is 11.6. The van der Waals surface area contributed by atoms with Crippen molar-refractivity contribution >= 4 is 55.9 Å². The van der Waals surface area contributed by atoms with Gasteiger partial charge >= 0.3 is 5.12 Å². The quantitative estimate of drug-likeness (QED) is 0.238. The van der Waals surface area contributed by atoms with E-state index in [2.05, 4.69) is 50.7 Å². The van der Waals surface area contributed by atoms with E-state index in [9.17, 15) is 0 Å². The molecule has 6 heterocycles. The number of thioether (sulfide) groups is 1. The molecule has 37 heavy (non-hydrogen) atoms. The normalized spacial score (nSPS) is 20.1. The first-order valence-electron chi connectivity index (χ1n) is 12.2. The maximum absolute atomic E-state index is 6.14. The third-order valence-corrected chi connectivity index (χ3v) is 9.33. The van der Waals surface area contributed by atoms with Gasteiger partial charge in [-0.25, -0.2) is 9.97 Å². The number of benzene rings is 2. The highest BCUT2D eigenvalue weighted by molar-refractivity contribution is 7.99. The molecule has 1 spiro atoms. The molecule has 11 heteroatoms. The molecule has 0 radical (unpaired) electrons. The number of ether oxygens (including phenoxy) is 1.